The van der Waals surface area contributed by atoms with E-state index in [0.717, 1.165) is 28.0 Å². The van der Waals surface area contributed by atoms with Crippen molar-refractivity contribution in [1.82, 2.24) is 15.2 Å². The van der Waals surface area contributed by atoms with Gasteiger partial charge in [0.05, 0.1) is 5.70 Å². The van der Waals surface area contributed by atoms with Crippen LogP contribution in [0.15, 0.2) is 82.5 Å². The Kier molecular flexibility index (Phi) is 8.94. The second-order valence-electron chi connectivity index (χ2n) is 9.27. The van der Waals surface area contributed by atoms with E-state index in [0.29, 0.717) is 5.75 Å². The Morgan fingerprint density at radius 1 is 1.14 bits per heavy atom. The van der Waals surface area contributed by atoms with Crippen LogP contribution in [0.25, 0.3) is 0 Å². The molecule has 42 heavy (non-hydrogen) atoms. The van der Waals surface area contributed by atoms with Crippen LogP contribution in [-0.2, 0) is 28.8 Å². The molecule has 0 bridgehead atoms. The molecule has 2 aromatic carbocycles. The number of fused-ring (bicyclic) bond motifs is 1. The molecule has 3 aromatic rings. The second-order valence-corrected chi connectivity index (χ2v) is 11.7. The number of rotatable bonds is 10. The summed E-state index contributed by atoms with van der Waals surface area (Å²) < 4.78 is 5.72. The summed E-state index contributed by atoms with van der Waals surface area (Å²) in [4.78, 5) is 61.7. The van der Waals surface area contributed by atoms with Gasteiger partial charge in [0.2, 0.25) is 11.7 Å². The molecule has 5 rings (SSSR count). The van der Waals surface area contributed by atoms with Crippen molar-refractivity contribution >= 4 is 69.5 Å². The average Bonchev–Trinajstić information content (AvgIpc) is 3.42. The number of ether oxygens (including phenoxy) is 1. The largest absolute Gasteiger partial charge is 0.450 e. The van der Waals surface area contributed by atoms with Gasteiger partial charge < -0.3 is 20.6 Å². The number of nitrogens with one attached hydrogen (secondary N) is 1. The van der Waals surface area contributed by atoms with E-state index in [2.05, 4.69) is 28.1 Å². The van der Waals surface area contributed by atoms with E-state index in [1.54, 1.807) is 6.92 Å². The van der Waals surface area contributed by atoms with Crippen LogP contribution in [0.5, 0.6) is 0 Å². The number of thiazole rings is 1. The predicted octanol–water partition coefficient (Wildman–Crippen LogP) is 2.91. The number of carbonyl (C=O) groups is 4. The third-order valence-corrected chi connectivity index (χ3v) is 8.73. The first kappa shape index (κ1) is 29.4. The Labute approximate surface area is 254 Å². The molecule has 2 atom stereocenters. The third-order valence-electron chi connectivity index (χ3n) is 6.42. The summed E-state index contributed by atoms with van der Waals surface area (Å²) in [6.45, 7) is 1.16. The highest BCUT2D eigenvalue weighted by Gasteiger charge is 2.53. The van der Waals surface area contributed by atoms with Gasteiger partial charge in [-0.05, 0) is 23.6 Å². The fourth-order valence-electron chi connectivity index (χ4n) is 4.49. The molecular formula is C28H25N5O6S3. The Morgan fingerprint density at radius 3 is 2.36 bits per heavy atom. The van der Waals surface area contributed by atoms with Crippen molar-refractivity contribution in [3.8, 4) is 0 Å². The highest BCUT2D eigenvalue weighted by atomic mass is 32.2. The highest BCUT2D eigenvalue weighted by molar-refractivity contribution is 8.00. The van der Waals surface area contributed by atoms with Gasteiger partial charge in [0.1, 0.15) is 17.1 Å². The van der Waals surface area contributed by atoms with E-state index in [4.69, 9.17) is 15.3 Å². The van der Waals surface area contributed by atoms with Gasteiger partial charge in [-0.3, -0.25) is 19.3 Å². The van der Waals surface area contributed by atoms with Crippen LogP contribution in [0.4, 0.5) is 5.13 Å². The van der Waals surface area contributed by atoms with Crippen molar-refractivity contribution in [2.45, 2.75) is 24.4 Å². The fraction of sp³-hybridized carbons (Fsp3) is 0.214. The first-order chi connectivity index (χ1) is 20.2. The normalized spacial score (nSPS) is 18.3. The Hall–Kier alpha value is -4.14. The van der Waals surface area contributed by atoms with Crippen molar-refractivity contribution in [2.75, 3.05) is 18.1 Å². The molecular weight excluding hydrogens is 599 g/mol. The first-order valence-corrected chi connectivity index (χ1v) is 15.0. The molecule has 3 heterocycles. The van der Waals surface area contributed by atoms with Gasteiger partial charge in [0, 0.05) is 11.1 Å². The van der Waals surface area contributed by atoms with Gasteiger partial charge in [0.15, 0.2) is 16.9 Å². The summed E-state index contributed by atoms with van der Waals surface area (Å²) in [7, 11) is 0. The van der Waals surface area contributed by atoms with Crippen LogP contribution >= 0.6 is 35.7 Å². The first-order valence-electron chi connectivity index (χ1n) is 12.6. The zero-order valence-corrected chi connectivity index (χ0v) is 24.7. The van der Waals surface area contributed by atoms with Crippen LogP contribution < -0.4 is 11.1 Å². The number of esters is 1. The lowest BCUT2D eigenvalue weighted by Crippen LogP contribution is -2.70. The lowest BCUT2D eigenvalue weighted by molar-refractivity contribution is -0.153. The van der Waals surface area contributed by atoms with E-state index in [1.807, 2.05) is 60.7 Å². The van der Waals surface area contributed by atoms with E-state index in [9.17, 15) is 19.2 Å². The van der Waals surface area contributed by atoms with Gasteiger partial charge in [-0.15, -0.1) is 23.1 Å². The van der Waals surface area contributed by atoms with Crippen LogP contribution in [0.1, 0.15) is 29.8 Å². The van der Waals surface area contributed by atoms with Gasteiger partial charge in [-0.1, -0.05) is 78.4 Å². The fourth-order valence-corrected chi connectivity index (χ4v) is 6.62. The van der Waals surface area contributed by atoms with Gasteiger partial charge in [-0.25, -0.2) is 9.78 Å². The number of carbonyl (C=O) groups excluding carboxylic acids is 4. The number of hydrogen-bond acceptors (Lipinski definition) is 11. The van der Waals surface area contributed by atoms with Crippen LogP contribution in [0.2, 0.25) is 0 Å². The van der Waals surface area contributed by atoms with Gasteiger partial charge >= 0.3 is 5.97 Å². The molecule has 0 spiro atoms. The van der Waals surface area contributed by atoms with E-state index >= 15 is 0 Å². The summed E-state index contributed by atoms with van der Waals surface area (Å²) >= 11 is 6.39. The summed E-state index contributed by atoms with van der Waals surface area (Å²) in [6, 6.07) is 17.6. The average molecular weight is 624 g/mol. The van der Waals surface area contributed by atoms with Crippen LogP contribution in [-0.4, -0.2) is 62.3 Å². The van der Waals surface area contributed by atoms with Crippen LogP contribution in [0.3, 0.4) is 0 Å². The van der Waals surface area contributed by atoms with E-state index < -0.39 is 47.0 Å². The molecule has 2 aliphatic rings. The summed E-state index contributed by atoms with van der Waals surface area (Å²) in [5.41, 5.74) is 8.09. The number of amides is 2. The zero-order chi connectivity index (χ0) is 29.8. The number of oxime groups is 1. The van der Waals surface area contributed by atoms with E-state index in [-0.39, 0.29) is 22.2 Å². The second kappa shape index (κ2) is 12.8. The Morgan fingerprint density at radius 2 is 1.79 bits per heavy atom. The summed E-state index contributed by atoms with van der Waals surface area (Å²) in [6.07, 6.45) is -0.680. The van der Waals surface area contributed by atoms with Crippen molar-refractivity contribution in [3.63, 3.8) is 0 Å². The molecule has 11 nitrogen and oxygen atoms in total. The lowest BCUT2D eigenvalue weighted by atomic mass is 10.0. The van der Waals surface area contributed by atoms with Crippen LogP contribution in [0, 0.1) is 0 Å². The minimum absolute atomic E-state index is 0.108. The Bertz CT molecular complexity index is 1540. The molecule has 1 fully saturated rings. The van der Waals surface area contributed by atoms with Gasteiger partial charge in [-0.2, -0.15) is 0 Å². The Balaban J connectivity index is 1.28. The maximum atomic E-state index is 13.3. The monoisotopic (exact) mass is 623 g/mol. The molecule has 1 saturated heterocycles. The number of nitrogen functional groups attached to an aromatic ring is 1. The number of nitrogens with two attached hydrogens (primary N) is 1. The number of thiol groups is 1. The van der Waals surface area contributed by atoms with Gasteiger partial charge in [0.25, 0.3) is 11.8 Å². The number of aromatic nitrogens is 1. The summed E-state index contributed by atoms with van der Waals surface area (Å²) in [5, 5.41) is 7.22. The predicted molar refractivity (Wildman–Crippen MR) is 162 cm³/mol. The van der Waals surface area contributed by atoms with Crippen molar-refractivity contribution in [1.29, 1.82) is 0 Å². The summed E-state index contributed by atoms with van der Waals surface area (Å²) in [5.74, 6) is -1.43. The van der Waals surface area contributed by atoms with Crippen molar-refractivity contribution < 1.29 is 28.8 Å². The molecule has 14 heteroatoms. The molecule has 2 amide bonds. The molecule has 0 radical (unpaired) electrons. The quantitative estimate of drug-likeness (QED) is 0.102. The molecule has 216 valence electrons. The molecule has 0 saturated carbocycles. The maximum absolute atomic E-state index is 13.3. The van der Waals surface area contributed by atoms with E-state index in [1.165, 1.54) is 22.0 Å². The maximum Gasteiger partial charge on any atom is 0.347 e. The number of benzene rings is 2. The smallest absolute Gasteiger partial charge is 0.347 e. The topological polar surface area (TPSA) is 153 Å². The molecule has 3 N–H and O–H groups in total. The highest BCUT2D eigenvalue weighted by Crippen LogP contribution is 2.40. The molecule has 1 aromatic heterocycles. The number of β-lactam (4-membered cyclic amide) rings is 1. The third kappa shape index (κ3) is 6.20. The molecule has 2 aliphatic heterocycles. The number of anilines is 1. The lowest BCUT2D eigenvalue weighted by Gasteiger charge is -2.49. The number of hydrogen-bond donors (Lipinski definition) is 3. The van der Waals surface area contributed by atoms with Crippen molar-refractivity contribution in [2.24, 2.45) is 5.16 Å². The number of nitrogens with zero attached hydrogens (tertiary/aromatic N) is 3. The standard InChI is InChI=1S/C28H25N5O6S3/c1-15-13-41-26-21(25(36)33(26)22(15)27(37)40)31-24(35)20(18-14-42-28(29)30-18)32-38-12-19(34)39-23(16-8-4-2-5-9-16)17-10-6-3-7-11-17/h2-11,14,21,23,26H,12-13H2,1H3,(H2,29,30)(H,31,35)(H,37,40)/t21?,26-/m1/s1. The molecule has 1 unspecified atom stereocenters. The molecule has 0 aliphatic carbocycles. The SMILES string of the molecule is CC1=C(C(=O)S)N2C(=O)C(NC(=O)C(=NOCC(=O)OC(c3ccccc3)c3ccccc3)c3csc(N)n3)[C@H]2SC1. The number of thioether (sulfide) groups is 1. The minimum atomic E-state index is -0.915. The zero-order valence-electron chi connectivity index (χ0n) is 22.1. The van der Waals surface area contributed by atoms with Crippen molar-refractivity contribution in [3.05, 3.63) is 94.1 Å². The minimum Gasteiger partial charge on any atom is -0.450 e.